The average Bonchev–Trinajstić information content (AvgIpc) is 3.30. The van der Waals surface area contributed by atoms with Gasteiger partial charge < -0.3 is 16.4 Å². The molecule has 198 valence electrons. The van der Waals surface area contributed by atoms with Crippen molar-refractivity contribution in [3.63, 3.8) is 0 Å². The number of hydrogen-bond donors (Lipinski definition) is 4. The maximum absolute atomic E-state index is 14.1. The number of nitrogen functional groups attached to an aromatic ring is 1. The number of carbonyl (C=O) groups excluding carboxylic acids is 1. The van der Waals surface area contributed by atoms with E-state index in [1.165, 1.54) is 10.6 Å². The van der Waals surface area contributed by atoms with Crippen LogP contribution in [-0.4, -0.2) is 37.8 Å². The Morgan fingerprint density at radius 2 is 1.95 bits per heavy atom. The van der Waals surface area contributed by atoms with E-state index in [0.29, 0.717) is 33.4 Å². The zero-order valence-electron chi connectivity index (χ0n) is 21.8. The third kappa shape index (κ3) is 4.91. The van der Waals surface area contributed by atoms with Gasteiger partial charge >= 0.3 is 0 Å². The number of benzene rings is 2. The maximum Gasteiger partial charge on any atom is 0.264 e. The lowest BCUT2D eigenvalue weighted by Crippen LogP contribution is -2.32. The van der Waals surface area contributed by atoms with Crippen LogP contribution in [0.15, 0.2) is 90.1 Å². The summed E-state index contributed by atoms with van der Waals surface area (Å²) in [4.78, 5) is 31.7. The molecule has 10 heteroatoms. The second-order valence-electron chi connectivity index (χ2n) is 8.94. The highest BCUT2D eigenvalue weighted by Crippen LogP contribution is 2.24. The van der Waals surface area contributed by atoms with Crippen LogP contribution in [-0.2, 0) is 0 Å². The predicted octanol–water partition coefficient (Wildman–Crippen LogP) is 3.21. The number of carbonyl (C=O) groups is 1. The van der Waals surface area contributed by atoms with Gasteiger partial charge in [-0.3, -0.25) is 19.6 Å². The topological polar surface area (TPSA) is 143 Å². The van der Waals surface area contributed by atoms with Gasteiger partial charge in [0.25, 0.3) is 11.5 Å². The Morgan fingerprint density at radius 3 is 2.73 bits per heavy atom. The molecule has 3 heterocycles. The fraction of sp³-hybridized carbons (Fsp3) is 0.100. The third-order valence-electron chi connectivity index (χ3n) is 6.28. The fourth-order valence-electron chi connectivity index (χ4n) is 4.46. The van der Waals surface area contributed by atoms with Crippen LogP contribution >= 0.6 is 0 Å². The quantitative estimate of drug-likeness (QED) is 0.196. The van der Waals surface area contributed by atoms with E-state index in [4.69, 9.17) is 11.1 Å². The molecule has 0 aliphatic rings. The number of nitrogens with zero attached hydrogens (tertiary/aromatic N) is 4. The number of anilines is 1. The molecule has 0 bridgehead atoms. The van der Waals surface area contributed by atoms with E-state index in [9.17, 15) is 9.59 Å². The van der Waals surface area contributed by atoms with Crippen LogP contribution in [0.5, 0.6) is 0 Å². The van der Waals surface area contributed by atoms with Gasteiger partial charge in [0.15, 0.2) is 11.5 Å². The summed E-state index contributed by atoms with van der Waals surface area (Å²) in [6.45, 7) is 1.80. The van der Waals surface area contributed by atoms with E-state index < -0.39 is 11.9 Å². The molecule has 0 unspecified atom stereocenters. The predicted molar refractivity (Wildman–Crippen MR) is 156 cm³/mol. The first kappa shape index (κ1) is 25.9. The highest BCUT2D eigenvalue weighted by molar-refractivity contribution is 6.07. The van der Waals surface area contributed by atoms with Gasteiger partial charge in [-0.25, -0.2) is 9.50 Å². The van der Waals surface area contributed by atoms with Crippen LogP contribution in [0.4, 0.5) is 5.82 Å². The molecule has 0 saturated carbocycles. The average molecular weight is 531 g/mol. The zero-order valence-corrected chi connectivity index (χ0v) is 21.8. The Morgan fingerprint density at radius 1 is 1.15 bits per heavy atom. The lowest BCUT2D eigenvalue weighted by atomic mass is 10.0. The molecule has 5 N–H and O–H groups in total. The molecule has 1 amide bonds. The van der Waals surface area contributed by atoms with Gasteiger partial charge in [0.2, 0.25) is 0 Å². The van der Waals surface area contributed by atoms with Gasteiger partial charge in [0.1, 0.15) is 11.3 Å². The second kappa shape index (κ2) is 11.0. The molecule has 0 fully saturated rings. The summed E-state index contributed by atoms with van der Waals surface area (Å²) in [5.74, 6) is 5.36. The number of rotatable bonds is 6. The van der Waals surface area contributed by atoms with Crippen LogP contribution in [0.25, 0.3) is 22.1 Å². The molecule has 40 heavy (non-hydrogen) atoms. The van der Waals surface area contributed by atoms with Crippen LogP contribution in [0.1, 0.15) is 34.6 Å². The lowest BCUT2D eigenvalue weighted by molar-refractivity contribution is 0.0941. The molecular weight excluding hydrogens is 504 g/mol. The van der Waals surface area contributed by atoms with E-state index in [1.807, 2.05) is 48.5 Å². The summed E-state index contributed by atoms with van der Waals surface area (Å²) in [6.07, 6.45) is 6.37. The largest absolute Gasteiger partial charge is 0.394 e. The van der Waals surface area contributed by atoms with Crippen molar-refractivity contribution < 1.29 is 4.79 Å². The summed E-state index contributed by atoms with van der Waals surface area (Å²) < 4.78 is 3.02. The molecular formula is C30H26N8O2. The molecule has 0 aliphatic carbocycles. The Hall–Kier alpha value is -5.69. The van der Waals surface area contributed by atoms with Crippen molar-refractivity contribution in [2.45, 2.75) is 13.0 Å². The Bertz CT molecular complexity index is 1910. The molecule has 3 aromatic heterocycles. The SMILES string of the molecule is CN/C=C\C(=N)C#Cc1cccc2cc([C@@H](C)NC(=O)c3c(N)nn4cccnc34)n(-c3ccccc3)c(=O)c12. The second-order valence-corrected chi connectivity index (χ2v) is 8.94. The first-order valence-electron chi connectivity index (χ1n) is 12.5. The first-order chi connectivity index (χ1) is 19.4. The zero-order chi connectivity index (χ0) is 28.2. The highest BCUT2D eigenvalue weighted by Gasteiger charge is 2.23. The van der Waals surface area contributed by atoms with E-state index in [1.54, 1.807) is 49.3 Å². The molecule has 5 aromatic rings. The van der Waals surface area contributed by atoms with Gasteiger partial charge in [-0.1, -0.05) is 36.3 Å². The summed E-state index contributed by atoms with van der Waals surface area (Å²) in [5, 5.41) is 19.1. The highest BCUT2D eigenvalue weighted by atomic mass is 16.2. The standard InChI is InChI=1S/C30H26N8O2/c1-19(35-29(39)26-27(32)36-37-17-7-15-34-28(26)37)24-18-21-9-6-8-20(12-13-22(31)14-16-33-2)25(21)30(40)38(24)23-10-4-3-5-11-23/h3-11,14-19,31,33H,1-2H3,(H2,32,36)(H,35,39)/b16-14-,31-22?/t19-/m1/s1. The number of para-hydroxylation sites is 1. The summed E-state index contributed by atoms with van der Waals surface area (Å²) in [5.41, 5.74) is 8.06. The van der Waals surface area contributed by atoms with Gasteiger partial charge in [-0.15, -0.1) is 5.10 Å². The molecule has 0 spiro atoms. The Balaban J connectivity index is 1.63. The van der Waals surface area contributed by atoms with Crippen LogP contribution in [0.2, 0.25) is 0 Å². The number of nitrogens with one attached hydrogen (secondary N) is 3. The van der Waals surface area contributed by atoms with Gasteiger partial charge in [-0.2, -0.15) is 0 Å². The van der Waals surface area contributed by atoms with Crippen molar-refractivity contribution in [3.05, 3.63) is 113 Å². The smallest absolute Gasteiger partial charge is 0.264 e. The minimum Gasteiger partial charge on any atom is -0.394 e. The number of pyridine rings is 1. The van der Waals surface area contributed by atoms with E-state index >= 15 is 0 Å². The minimum absolute atomic E-state index is 0.0562. The number of nitrogens with two attached hydrogens (primary N) is 1. The number of aromatic nitrogens is 4. The first-order valence-corrected chi connectivity index (χ1v) is 12.5. The van der Waals surface area contributed by atoms with Gasteiger partial charge in [0.05, 0.1) is 11.4 Å². The molecule has 5 rings (SSSR count). The van der Waals surface area contributed by atoms with Crippen LogP contribution in [0, 0.1) is 17.3 Å². The third-order valence-corrected chi connectivity index (χ3v) is 6.28. The van der Waals surface area contributed by atoms with Crippen LogP contribution in [0.3, 0.4) is 0 Å². The van der Waals surface area contributed by atoms with Crippen molar-refractivity contribution in [1.29, 1.82) is 5.41 Å². The molecule has 0 aliphatic heterocycles. The maximum atomic E-state index is 14.1. The van der Waals surface area contributed by atoms with Crippen molar-refractivity contribution >= 4 is 33.9 Å². The fourth-order valence-corrected chi connectivity index (χ4v) is 4.46. The van der Waals surface area contributed by atoms with Crippen molar-refractivity contribution in [2.24, 2.45) is 0 Å². The number of hydrogen-bond acceptors (Lipinski definition) is 7. The molecule has 1 atom stereocenters. The minimum atomic E-state index is -0.600. The summed E-state index contributed by atoms with van der Waals surface area (Å²) in [6, 6.07) is 17.5. The van der Waals surface area contributed by atoms with E-state index in [-0.39, 0.29) is 22.7 Å². The van der Waals surface area contributed by atoms with Gasteiger partial charge in [0, 0.05) is 36.4 Å². The summed E-state index contributed by atoms with van der Waals surface area (Å²) >= 11 is 0. The van der Waals surface area contributed by atoms with Crippen LogP contribution < -0.4 is 21.9 Å². The van der Waals surface area contributed by atoms with Gasteiger partial charge in [-0.05, 0) is 60.8 Å². The van der Waals surface area contributed by atoms with Crippen molar-refractivity contribution in [2.75, 3.05) is 12.8 Å². The van der Waals surface area contributed by atoms with Crippen molar-refractivity contribution in [1.82, 2.24) is 29.8 Å². The number of fused-ring (bicyclic) bond motifs is 2. The Labute approximate surface area is 229 Å². The number of allylic oxidation sites excluding steroid dienone is 1. The normalized spacial score (nSPS) is 11.8. The molecule has 0 radical (unpaired) electrons. The molecule has 2 aromatic carbocycles. The monoisotopic (exact) mass is 530 g/mol. The van der Waals surface area contributed by atoms with E-state index in [2.05, 4.69) is 32.6 Å². The number of amides is 1. The lowest BCUT2D eigenvalue weighted by Gasteiger charge is -2.21. The van der Waals surface area contributed by atoms with E-state index in [0.717, 1.165) is 0 Å². The molecule has 0 saturated heterocycles. The molecule has 10 nitrogen and oxygen atoms in total. The summed E-state index contributed by atoms with van der Waals surface area (Å²) in [7, 11) is 1.73. The van der Waals surface area contributed by atoms with Crippen molar-refractivity contribution in [3.8, 4) is 17.5 Å². The Kier molecular flexibility index (Phi) is 7.11.